The summed E-state index contributed by atoms with van der Waals surface area (Å²) in [5.41, 5.74) is 10.6. The van der Waals surface area contributed by atoms with E-state index in [2.05, 4.69) is 42.0 Å². The van der Waals surface area contributed by atoms with Gasteiger partial charge in [0, 0.05) is 18.0 Å². The number of carbonyl (C=O) groups is 1. The van der Waals surface area contributed by atoms with E-state index < -0.39 is 0 Å². The second-order valence-corrected chi connectivity index (χ2v) is 9.21. The zero-order valence-electron chi connectivity index (χ0n) is 20.2. The van der Waals surface area contributed by atoms with Crippen LogP contribution in [0.15, 0.2) is 66.7 Å². The third-order valence-electron chi connectivity index (χ3n) is 7.19. The summed E-state index contributed by atoms with van der Waals surface area (Å²) in [7, 11) is 3.24. The van der Waals surface area contributed by atoms with Crippen molar-refractivity contribution in [2.45, 2.75) is 31.5 Å². The van der Waals surface area contributed by atoms with Crippen molar-refractivity contribution in [2.75, 3.05) is 20.8 Å². The number of nitrogens with one attached hydrogen (secondary N) is 2. The minimum absolute atomic E-state index is 0.0615. The first-order chi connectivity index (χ1) is 17.0. The molecule has 4 unspecified atom stereocenters. The number of benzene rings is 3. The molecule has 2 aliphatic heterocycles. The van der Waals surface area contributed by atoms with Gasteiger partial charge in [0.1, 0.15) is 11.8 Å². The molecule has 0 bridgehead atoms. The quantitative estimate of drug-likeness (QED) is 0.486. The summed E-state index contributed by atoms with van der Waals surface area (Å²) in [4.78, 5) is 15.6. The van der Waals surface area contributed by atoms with Gasteiger partial charge in [-0.15, -0.1) is 0 Å². The van der Waals surface area contributed by atoms with Crippen LogP contribution in [0.1, 0.15) is 34.3 Å². The van der Waals surface area contributed by atoms with Gasteiger partial charge in [-0.25, -0.2) is 10.9 Å². The van der Waals surface area contributed by atoms with Crippen molar-refractivity contribution in [2.24, 2.45) is 5.92 Å². The van der Waals surface area contributed by atoms with Gasteiger partial charge in [0.15, 0.2) is 11.5 Å². The Morgan fingerprint density at radius 1 is 0.914 bits per heavy atom. The largest absolute Gasteiger partial charge is 0.508 e. The monoisotopic (exact) mass is 473 g/mol. The van der Waals surface area contributed by atoms with E-state index in [4.69, 9.17) is 9.47 Å². The molecule has 2 fully saturated rings. The molecule has 35 heavy (non-hydrogen) atoms. The zero-order chi connectivity index (χ0) is 24.5. The van der Waals surface area contributed by atoms with Gasteiger partial charge in [0.2, 0.25) is 5.91 Å². The van der Waals surface area contributed by atoms with E-state index in [1.807, 2.05) is 41.3 Å². The number of nitrogens with zero attached hydrogens (tertiary/aromatic N) is 1. The van der Waals surface area contributed by atoms with Crippen LogP contribution in [0.4, 0.5) is 0 Å². The molecule has 1 amide bonds. The fourth-order valence-electron chi connectivity index (χ4n) is 5.42. The third kappa shape index (κ3) is 4.22. The van der Waals surface area contributed by atoms with Crippen molar-refractivity contribution < 1.29 is 19.4 Å². The van der Waals surface area contributed by atoms with Gasteiger partial charge in [-0.3, -0.25) is 4.79 Å². The Balaban J connectivity index is 1.48. The Morgan fingerprint density at radius 2 is 1.63 bits per heavy atom. The van der Waals surface area contributed by atoms with Crippen LogP contribution < -0.4 is 20.3 Å². The lowest BCUT2D eigenvalue weighted by Crippen LogP contribution is -2.42. The number of amides is 1. The Labute approximate surface area is 205 Å². The Hall–Kier alpha value is -3.55. The lowest BCUT2D eigenvalue weighted by Gasteiger charge is -2.31. The topological polar surface area (TPSA) is 83.1 Å². The molecule has 2 saturated heterocycles. The predicted molar refractivity (Wildman–Crippen MR) is 133 cm³/mol. The zero-order valence-corrected chi connectivity index (χ0v) is 20.2. The van der Waals surface area contributed by atoms with Gasteiger partial charge in [0.25, 0.3) is 0 Å². The highest BCUT2D eigenvalue weighted by atomic mass is 16.5. The first kappa shape index (κ1) is 23.2. The number of ether oxygens (including phenoxy) is 2. The Kier molecular flexibility index (Phi) is 6.36. The first-order valence-corrected chi connectivity index (χ1v) is 11.9. The summed E-state index contributed by atoms with van der Waals surface area (Å²) in [6.07, 6.45) is 0.683. The molecule has 0 radical (unpaired) electrons. The summed E-state index contributed by atoms with van der Waals surface area (Å²) in [6.45, 7) is 2.62. The fraction of sp³-hybridized carbons (Fsp3) is 0.321. The van der Waals surface area contributed by atoms with Gasteiger partial charge >= 0.3 is 0 Å². The van der Waals surface area contributed by atoms with Crippen molar-refractivity contribution >= 4 is 5.91 Å². The second kappa shape index (κ2) is 9.60. The number of methoxy groups -OCH3 is 2. The van der Waals surface area contributed by atoms with E-state index >= 15 is 0 Å². The molecule has 0 saturated carbocycles. The van der Waals surface area contributed by atoms with E-state index in [1.165, 1.54) is 5.56 Å². The van der Waals surface area contributed by atoms with Crippen LogP contribution in [-0.4, -0.2) is 42.7 Å². The van der Waals surface area contributed by atoms with Crippen LogP contribution in [0.2, 0.25) is 0 Å². The molecule has 0 aromatic heterocycles. The number of fused-ring (bicyclic) bond motifs is 1. The molecule has 0 aliphatic carbocycles. The summed E-state index contributed by atoms with van der Waals surface area (Å²) >= 11 is 0. The number of para-hydroxylation sites is 1. The van der Waals surface area contributed by atoms with E-state index in [0.29, 0.717) is 24.5 Å². The summed E-state index contributed by atoms with van der Waals surface area (Å²) in [6, 6.07) is 20.9. The van der Waals surface area contributed by atoms with Crippen molar-refractivity contribution in [3.8, 4) is 17.2 Å². The van der Waals surface area contributed by atoms with Crippen LogP contribution in [0.5, 0.6) is 17.2 Å². The van der Waals surface area contributed by atoms with Crippen molar-refractivity contribution in [3.63, 3.8) is 0 Å². The van der Waals surface area contributed by atoms with Crippen LogP contribution in [-0.2, 0) is 11.2 Å². The highest BCUT2D eigenvalue weighted by molar-refractivity contribution is 5.86. The Bertz CT molecular complexity index is 1210. The molecule has 0 spiro atoms. The van der Waals surface area contributed by atoms with Crippen LogP contribution in [0.3, 0.4) is 0 Å². The maximum atomic E-state index is 13.7. The Morgan fingerprint density at radius 3 is 2.34 bits per heavy atom. The number of carbonyl (C=O) groups excluding carboxylic acids is 1. The molecule has 4 atom stereocenters. The molecule has 3 aromatic rings. The van der Waals surface area contributed by atoms with E-state index in [9.17, 15) is 9.90 Å². The minimum atomic E-state index is -0.378. The molecule has 5 rings (SSSR count). The summed E-state index contributed by atoms with van der Waals surface area (Å²) in [5.74, 6) is 1.57. The normalized spacial score (nSPS) is 23.4. The number of hydrogen-bond acceptors (Lipinski definition) is 6. The van der Waals surface area contributed by atoms with E-state index in [-0.39, 0.29) is 35.7 Å². The third-order valence-corrected chi connectivity index (χ3v) is 7.19. The molecule has 3 aromatic carbocycles. The number of aryl methyl sites for hydroxylation is 1. The number of aromatic hydroxyl groups is 1. The van der Waals surface area contributed by atoms with Crippen LogP contribution in [0.25, 0.3) is 0 Å². The number of hydrazine groups is 1. The molecule has 7 nitrogen and oxygen atoms in total. The highest BCUT2D eigenvalue weighted by Crippen LogP contribution is 2.48. The fourth-order valence-corrected chi connectivity index (χ4v) is 5.42. The van der Waals surface area contributed by atoms with Crippen molar-refractivity contribution in [3.05, 3.63) is 89.0 Å². The second-order valence-electron chi connectivity index (χ2n) is 9.21. The number of likely N-dealkylation sites (tertiary alicyclic amines) is 1. The number of rotatable bonds is 7. The average Bonchev–Trinajstić information content (AvgIpc) is 3.42. The van der Waals surface area contributed by atoms with Crippen molar-refractivity contribution in [1.29, 1.82) is 0 Å². The smallest absolute Gasteiger partial charge is 0.242 e. The number of phenols is 1. The lowest BCUT2D eigenvalue weighted by molar-refractivity contribution is -0.130. The van der Waals surface area contributed by atoms with Gasteiger partial charge < -0.3 is 19.5 Å². The van der Waals surface area contributed by atoms with Gasteiger partial charge in [0.05, 0.1) is 26.3 Å². The molecule has 7 heteroatoms. The lowest BCUT2D eigenvalue weighted by atomic mass is 9.83. The average molecular weight is 474 g/mol. The first-order valence-electron chi connectivity index (χ1n) is 11.9. The number of phenolic OH excluding ortho intramolecular Hbond substituents is 1. The molecule has 3 N–H and O–H groups in total. The van der Waals surface area contributed by atoms with E-state index in [1.54, 1.807) is 20.3 Å². The molecule has 2 aliphatic rings. The minimum Gasteiger partial charge on any atom is -0.508 e. The van der Waals surface area contributed by atoms with Crippen LogP contribution >= 0.6 is 0 Å². The maximum Gasteiger partial charge on any atom is 0.242 e. The molecule has 182 valence electrons. The molecular formula is C28H31N3O4. The van der Waals surface area contributed by atoms with Gasteiger partial charge in [-0.2, -0.15) is 0 Å². The van der Waals surface area contributed by atoms with Gasteiger partial charge in [-0.1, -0.05) is 54.1 Å². The van der Waals surface area contributed by atoms with Gasteiger partial charge in [-0.05, 0) is 42.7 Å². The van der Waals surface area contributed by atoms with E-state index in [0.717, 1.165) is 16.7 Å². The summed E-state index contributed by atoms with van der Waals surface area (Å²) in [5, 5.41) is 10.6. The summed E-state index contributed by atoms with van der Waals surface area (Å²) < 4.78 is 10.8. The SMILES string of the molecule is COc1ccc(CCN2C(=O)C3NNC(c4ccccc4O)C3C2c2ccc(C)cc2)cc1OC. The van der Waals surface area contributed by atoms with Crippen LogP contribution in [0, 0.1) is 12.8 Å². The highest BCUT2D eigenvalue weighted by Gasteiger charge is 2.55. The maximum absolute atomic E-state index is 13.7. The molecular weight excluding hydrogens is 442 g/mol. The standard InChI is InChI=1S/C28H31N3O4/c1-17-8-11-19(12-9-17)27-24-25(20-6-4-5-7-21(20)32)29-30-26(24)28(33)31(27)15-14-18-10-13-22(34-2)23(16-18)35-3/h4-13,16,24-27,29-30,32H,14-15H2,1-3H3. The van der Waals surface area contributed by atoms with Crippen molar-refractivity contribution in [1.82, 2.24) is 15.8 Å². The number of hydrogen-bond donors (Lipinski definition) is 3. The molecule has 2 heterocycles. The predicted octanol–water partition coefficient (Wildman–Crippen LogP) is 3.68.